The number of aromatic nitrogens is 3. The molecule has 0 bridgehead atoms. The first-order valence-electron chi connectivity index (χ1n) is 3.95. The number of nitrogens with zero attached hydrogens (tertiary/aromatic N) is 2. The van der Waals surface area contributed by atoms with Gasteiger partial charge in [0.25, 0.3) is 5.56 Å². The van der Waals surface area contributed by atoms with Crippen molar-refractivity contribution in [1.82, 2.24) is 15.2 Å². The third-order valence-electron chi connectivity index (χ3n) is 1.78. The van der Waals surface area contributed by atoms with Gasteiger partial charge in [0.2, 0.25) is 0 Å². The van der Waals surface area contributed by atoms with Crippen LogP contribution in [0.1, 0.15) is 5.56 Å². The van der Waals surface area contributed by atoms with Gasteiger partial charge in [0.05, 0.1) is 11.3 Å². The van der Waals surface area contributed by atoms with Crippen molar-refractivity contribution in [1.29, 1.82) is 5.26 Å². The number of rotatable bonds is 1. The Morgan fingerprint density at radius 2 is 2.36 bits per heavy atom. The van der Waals surface area contributed by atoms with Gasteiger partial charge in [-0.05, 0) is 12.1 Å². The molecule has 2 aromatic rings. The number of hydrogen-bond acceptors (Lipinski definition) is 3. The van der Waals surface area contributed by atoms with Crippen molar-refractivity contribution in [2.24, 2.45) is 0 Å². The molecule has 0 fully saturated rings. The summed E-state index contributed by atoms with van der Waals surface area (Å²) in [6.07, 6.45) is 1.73. The Bertz CT molecular complexity index is 533. The smallest absolute Gasteiger partial charge is 0.265 e. The molecule has 0 aromatic carbocycles. The molecule has 14 heavy (non-hydrogen) atoms. The van der Waals surface area contributed by atoms with E-state index in [-0.39, 0.29) is 11.1 Å². The molecule has 2 rings (SSSR count). The van der Waals surface area contributed by atoms with Crippen LogP contribution in [0.3, 0.4) is 0 Å². The SMILES string of the molecule is N#Cc1cc(=O)[nH]nc1-c1ccc[nH]1. The van der Waals surface area contributed by atoms with E-state index >= 15 is 0 Å². The molecule has 2 aromatic heterocycles. The second-order valence-electron chi connectivity index (χ2n) is 2.69. The highest BCUT2D eigenvalue weighted by Gasteiger charge is 2.07. The number of H-pyrrole nitrogens is 2. The first kappa shape index (κ1) is 8.26. The van der Waals surface area contributed by atoms with E-state index in [0.29, 0.717) is 11.4 Å². The zero-order valence-electron chi connectivity index (χ0n) is 7.11. The molecule has 0 spiro atoms. The Kier molecular flexibility index (Phi) is 1.88. The molecule has 0 saturated carbocycles. The normalized spacial score (nSPS) is 9.64. The third-order valence-corrected chi connectivity index (χ3v) is 1.78. The summed E-state index contributed by atoms with van der Waals surface area (Å²) < 4.78 is 0. The lowest BCUT2D eigenvalue weighted by Gasteiger charge is -1.97. The van der Waals surface area contributed by atoms with Gasteiger partial charge in [-0.3, -0.25) is 4.79 Å². The van der Waals surface area contributed by atoms with Crippen LogP contribution in [0.4, 0.5) is 0 Å². The number of nitriles is 1. The average molecular weight is 186 g/mol. The molecule has 0 saturated heterocycles. The van der Waals surface area contributed by atoms with Crippen molar-refractivity contribution < 1.29 is 0 Å². The van der Waals surface area contributed by atoms with Gasteiger partial charge in [0.1, 0.15) is 11.8 Å². The zero-order chi connectivity index (χ0) is 9.97. The summed E-state index contributed by atoms with van der Waals surface area (Å²) in [4.78, 5) is 13.8. The molecule has 2 heterocycles. The highest BCUT2D eigenvalue weighted by Crippen LogP contribution is 2.15. The molecule has 0 aliphatic rings. The minimum Gasteiger partial charge on any atom is -0.360 e. The monoisotopic (exact) mass is 186 g/mol. The zero-order valence-corrected chi connectivity index (χ0v) is 7.11. The van der Waals surface area contributed by atoms with Crippen LogP contribution in [-0.4, -0.2) is 15.2 Å². The molecule has 5 nitrogen and oxygen atoms in total. The lowest BCUT2D eigenvalue weighted by Crippen LogP contribution is -2.08. The van der Waals surface area contributed by atoms with Crippen molar-refractivity contribution in [3.8, 4) is 17.5 Å². The van der Waals surface area contributed by atoms with Crippen LogP contribution in [-0.2, 0) is 0 Å². The van der Waals surface area contributed by atoms with Crippen LogP contribution in [0.15, 0.2) is 29.2 Å². The van der Waals surface area contributed by atoms with E-state index in [0.717, 1.165) is 0 Å². The maximum absolute atomic E-state index is 10.9. The maximum atomic E-state index is 10.9. The van der Waals surface area contributed by atoms with Crippen molar-refractivity contribution in [3.05, 3.63) is 40.3 Å². The van der Waals surface area contributed by atoms with E-state index in [9.17, 15) is 4.79 Å². The predicted molar refractivity (Wildman–Crippen MR) is 49.4 cm³/mol. The van der Waals surface area contributed by atoms with Crippen LogP contribution >= 0.6 is 0 Å². The van der Waals surface area contributed by atoms with Crippen LogP contribution < -0.4 is 5.56 Å². The van der Waals surface area contributed by atoms with Gasteiger partial charge < -0.3 is 4.98 Å². The molecule has 0 amide bonds. The fourth-order valence-electron chi connectivity index (χ4n) is 1.17. The highest BCUT2D eigenvalue weighted by molar-refractivity contribution is 5.61. The van der Waals surface area contributed by atoms with Crippen LogP contribution in [0.2, 0.25) is 0 Å². The van der Waals surface area contributed by atoms with Crippen molar-refractivity contribution in [2.75, 3.05) is 0 Å². The van der Waals surface area contributed by atoms with E-state index in [1.165, 1.54) is 6.07 Å². The molecule has 5 heteroatoms. The first-order chi connectivity index (χ1) is 6.81. The maximum Gasteiger partial charge on any atom is 0.265 e. The van der Waals surface area contributed by atoms with Crippen molar-refractivity contribution >= 4 is 0 Å². The minimum absolute atomic E-state index is 0.260. The van der Waals surface area contributed by atoms with Gasteiger partial charge in [-0.2, -0.15) is 10.4 Å². The molecule has 68 valence electrons. The Hall–Kier alpha value is -2.35. The quantitative estimate of drug-likeness (QED) is 0.685. The molecular formula is C9H6N4O. The van der Waals surface area contributed by atoms with E-state index < -0.39 is 0 Å². The predicted octanol–water partition coefficient (Wildman–Crippen LogP) is 0.637. The first-order valence-corrected chi connectivity index (χ1v) is 3.95. The minimum atomic E-state index is -0.378. The standard InChI is InChI=1S/C9H6N4O/c10-5-6-4-8(14)12-13-9(6)7-2-1-3-11-7/h1-4,11H,(H,12,14). The Morgan fingerprint density at radius 3 is 3.00 bits per heavy atom. The topological polar surface area (TPSA) is 85.3 Å². The summed E-state index contributed by atoms with van der Waals surface area (Å²) in [6.45, 7) is 0. The van der Waals surface area contributed by atoms with Crippen LogP contribution in [0, 0.1) is 11.3 Å². The summed E-state index contributed by atoms with van der Waals surface area (Å²) in [5.74, 6) is 0. The van der Waals surface area contributed by atoms with Crippen molar-refractivity contribution in [2.45, 2.75) is 0 Å². The lowest BCUT2D eigenvalue weighted by molar-refractivity contribution is 0.985. The lowest BCUT2D eigenvalue weighted by atomic mass is 10.2. The van der Waals surface area contributed by atoms with Crippen LogP contribution in [0.5, 0.6) is 0 Å². The summed E-state index contributed by atoms with van der Waals surface area (Å²) in [6, 6.07) is 6.72. The fourth-order valence-corrected chi connectivity index (χ4v) is 1.17. The van der Waals surface area contributed by atoms with E-state index in [1.54, 1.807) is 18.3 Å². The van der Waals surface area contributed by atoms with Crippen LogP contribution in [0.25, 0.3) is 11.4 Å². The molecule has 0 radical (unpaired) electrons. The van der Waals surface area contributed by atoms with Gasteiger partial charge in [0, 0.05) is 12.3 Å². The van der Waals surface area contributed by atoms with E-state index in [1.807, 2.05) is 6.07 Å². The second-order valence-corrected chi connectivity index (χ2v) is 2.69. The summed E-state index contributed by atoms with van der Waals surface area (Å²) >= 11 is 0. The Balaban J connectivity index is 2.66. The fraction of sp³-hybridized carbons (Fsp3) is 0. The molecule has 0 aliphatic carbocycles. The summed E-state index contributed by atoms with van der Waals surface area (Å²) in [7, 11) is 0. The van der Waals surface area contributed by atoms with Gasteiger partial charge in [0.15, 0.2) is 0 Å². The second kappa shape index (κ2) is 3.18. The highest BCUT2D eigenvalue weighted by atomic mass is 16.1. The van der Waals surface area contributed by atoms with Gasteiger partial charge in [-0.25, -0.2) is 5.10 Å². The molecule has 0 aliphatic heterocycles. The third kappa shape index (κ3) is 1.29. The molecular weight excluding hydrogens is 180 g/mol. The van der Waals surface area contributed by atoms with Crippen molar-refractivity contribution in [3.63, 3.8) is 0 Å². The van der Waals surface area contributed by atoms with Gasteiger partial charge >= 0.3 is 0 Å². The Labute approximate surface area is 79.0 Å². The van der Waals surface area contributed by atoms with Gasteiger partial charge in [-0.15, -0.1) is 0 Å². The average Bonchev–Trinajstić information content (AvgIpc) is 2.70. The largest absolute Gasteiger partial charge is 0.360 e. The van der Waals surface area contributed by atoms with Gasteiger partial charge in [-0.1, -0.05) is 0 Å². The molecule has 2 N–H and O–H groups in total. The number of aromatic amines is 2. The molecule has 0 unspecified atom stereocenters. The number of nitrogens with one attached hydrogen (secondary N) is 2. The Morgan fingerprint density at radius 1 is 1.50 bits per heavy atom. The van der Waals surface area contributed by atoms with E-state index in [4.69, 9.17) is 5.26 Å². The summed E-state index contributed by atoms with van der Waals surface area (Å²) in [5.41, 5.74) is 1.04. The van der Waals surface area contributed by atoms with E-state index in [2.05, 4.69) is 15.2 Å². The number of hydrogen-bond donors (Lipinski definition) is 2. The molecule has 0 atom stereocenters. The summed E-state index contributed by atoms with van der Waals surface area (Å²) in [5, 5.41) is 14.9.